The van der Waals surface area contributed by atoms with Crippen molar-refractivity contribution in [3.05, 3.63) is 65.7 Å². The fraction of sp³-hybridized carbons (Fsp3) is 0.375. The molecule has 1 aliphatic carbocycles. The van der Waals surface area contributed by atoms with Crippen LogP contribution < -0.4 is 5.32 Å². The predicted molar refractivity (Wildman–Crippen MR) is 120 cm³/mol. The summed E-state index contributed by atoms with van der Waals surface area (Å²) in [5.74, 6) is 1.27. The number of nitrogens with one attached hydrogen (secondary N) is 1. The van der Waals surface area contributed by atoms with Crippen LogP contribution in [0, 0.1) is 19.8 Å². The van der Waals surface area contributed by atoms with Gasteiger partial charge in [-0.3, -0.25) is 4.79 Å². The summed E-state index contributed by atoms with van der Waals surface area (Å²) >= 11 is 0. The molecule has 0 aliphatic heterocycles. The molecule has 3 heterocycles. The van der Waals surface area contributed by atoms with Crippen molar-refractivity contribution < 1.29 is 4.79 Å². The zero-order valence-electron chi connectivity index (χ0n) is 18.1. The number of aryl methyl sites for hydroxylation is 3. The normalized spacial score (nSPS) is 18.6. The van der Waals surface area contributed by atoms with Gasteiger partial charge < -0.3 is 9.88 Å². The maximum Gasteiger partial charge on any atom is 0.220 e. The third-order valence-electron chi connectivity index (χ3n) is 5.62. The van der Waals surface area contributed by atoms with Gasteiger partial charge >= 0.3 is 0 Å². The minimum Gasteiger partial charge on any atom is -0.349 e. The Morgan fingerprint density at radius 3 is 2.70 bits per heavy atom. The fourth-order valence-corrected chi connectivity index (χ4v) is 4.14. The van der Waals surface area contributed by atoms with Gasteiger partial charge in [-0.15, -0.1) is 0 Å². The second-order valence-electron chi connectivity index (χ2n) is 8.24. The summed E-state index contributed by atoms with van der Waals surface area (Å²) in [5, 5.41) is 9.03. The van der Waals surface area contributed by atoms with Crippen LogP contribution in [0.1, 0.15) is 37.9 Å². The third kappa shape index (κ3) is 4.08. The average Bonchev–Trinajstić information content (AvgIpc) is 3.32. The van der Waals surface area contributed by atoms with Crippen LogP contribution in [0.2, 0.25) is 0 Å². The molecule has 0 spiro atoms. The van der Waals surface area contributed by atoms with Crippen LogP contribution in [0.5, 0.6) is 0 Å². The molecule has 2 unspecified atom stereocenters. The minimum atomic E-state index is 0.0686. The number of amides is 1. The van der Waals surface area contributed by atoms with E-state index in [0.29, 0.717) is 25.3 Å². The van der Waals surface area contributed by atoms with Gasteiger partial charge in [0.2, 0.25) is 5.91 Å². The Hall–Kier alpha value is -3.15. The van der Waals surface area contributed by atoms with E-state index in [4.69, 9.17) is 10.1 Å². The van der Waals surface area contributed by atoms with Gasteiger partial charge in [0.15, 0.2) is 11.5 Å². The number of hydrogen-bond acceptors (Lipinski definition) is 3. The summed E-state index contributed by atoms with van der Waals surface area (Å²) < 4.78 is 3.95. The lowest BCUT2D eigenvalue weighted by Gasteiger charge is -2.23. The van der Waals surface area contributed by atoms with Crippen LogP contribution in [0.3, 0.4) is 0 Å². The third-order valence-corrected chi connectivity index (χ3v) is 5.62. The lowest BCUT2D eigenvalue weighted by molar-refractivity contribution is -0.121. The molecule has 0 radical (unpaired) electrons. The predicted octanol–water partition coefficient (Wildman–Crippen LogP) is 4.26. The van der Waals surface area contributed by atoms with Crippen molar-refractivity contribution in [1.29, 1.82) is 0 Å². The second-order valence-corrected chi connectivity index (χ2v) is 8.24. The first kappa shape index (κ1) is 20.1. The van der Waals surface area contributed by atoms with Crippen molar-refractivity contribution in [1.82, 2.24) is 24.6 Å². The molecular formula is C24H29N5O. The maximum atomic E-state index is 12.5. The van der Waals surface area contributed by atoms with Crippen LogP contribution in [0.4, 0.5) is 0 Å². The number of aromatic nitrogens is 4. The zero-order chi connectivity index (χ0) is 21.3. The van der Waals surface area contributed by atoms with E-state index in [9.17, 15) is 4.79 Å². The highest BCUT2D eigenvalue weighted by Gasteiger charge is 2.19. The van der Waals surface area contributed by atoms with Crippen LogP contribution in [-0.2, 0) is 11.3 Å². The van der Waals surface area contributed by atoms with E-state index in [1.54, 1.807) is 0 Å². The van der Waals surface area contributed by atoms with Gasteiger partial charge in [-0.25, -0.2) is 9.67 Å². The van der Waals surface area contributed by atoms with Crippen molar-refractivity contribution in [3.8, 4) is 5.82 Å². The Balaban J connectivity index is 1.47. The maximum absolute atomic E-state index is 12.5. The zero-order valence-corrected chi connectivity index (χ0v) is 18.1. The summed E-state index contributed by atoms with van der Waals surface area (Å²) in [6, 6.07) is 6.13. The van der Waals surface area contributed by atoms with Crippen molar-refractivity contribution in [2.45, 2.75) is 53.1 Å². The number of nitrogens with zero attached hydrogens (tertiary/aromatic N) is 4. The number of allylic oxidation sites excluding steroid dienone is 2. The molecule has 0 saturated carbocycles. The van der Waals surface area contributed by atoms with E-state index in [0.717, 1.165) is 28.1 Å². The van der Waals surface area contributed by atoms with Gasteiger partial charge in [-0.1, -0.05) is 30.7 Å². The molecule has 6 heteroatoms. The number of carbonyl (C=O) groups excluding carboxylic acids is 1. The Labute approximate surface area is 177 Å². The highest BCUT2D eigenvalue weighted by Crippen LogP contribution is 2.25. The monoisotopic (exact) mass is 403 g/mol. The molecule has 3 aromatic heterocycles. The molecular weight excluding hydrogens is 374 g/mol. The molecule has 6 nitrogen and oxygen atoms in total. The lowest BCUT2D eigenvalue weighted by Crippen LogP contribution is -2.38. The number of rotatable bonds is 6. The molecule has 4 rings (SSSR count). The first-order valence-electron chi connectivity index (χ1n) is 10.6. The topological polar surface area (TPSA) is 64.7 Å². The molecule has 0 aromatic carbocycles. The van der Waals surface area contributed by atoms with E-state index >= 15 is 0 Å². The summed E-state index contributed by atoms with van der Waals surface area (Å²) in [5.41, 5.74) is 4.25. The fourth-order valence-electron chi connectivity index (χ4n) is 4.14. The van der Waals surface area contributed by atoms with Crippen LogP contribution >= 0.6 is 0 Å². The first-order valence-corrected chi connectivity index (χ1v) is 10.6. The van der Waals surface area contributed by atoms with E-state index in [-0.39, 0.29) is 11.9 Å². The average molecular weight is 404 g/mol. The number of carbonyl (C=O) groups is 1. The summed E-state index contributed by atoms with van der Waals surface area (Å²) in [4.78, 5) is 17.2. The van der Waals surface area contributed by atoms with Gasteiger partial charge in [-0.05, 0) is 56.9 Å². The molecule has 0 bridgehead atoms. The van der Waals surface area contributed by atoms with Gasteiger partial charge in [0.1, 0.15) is 0 Å². The Morgan fingerprint density at radius 2 is 1.97 bits per heavy atom. The molecule has 3 aromatic rings. The van der Waals surface area contributed by atoms with Crippen molar-refractivity contribution in [2.75, 3.05) is 0 Å². The summed E-state index contributed by atoms with van der Waals surface area (Å²) in [6.07, 6.45) is 11.5. The number of fused-ring (bicyclic) bond motifs is 1. The molecule has 30 heavy (non-hydrogen) atoms. The Bertz CT molecular complexity index is 1120. The molecule has 1 N–H and O–H groups in total. The van der Waals surface area contributed by atoms with Crippen LogP contribution in [0.15, 0.2) is 54.4 Å². The van der Waals surface area contributed by atoms with E-state index in [1.165, 1.54) is 5.57 Å². The van der Waals surface area contributed by atoms with Crippen LogP contribution in [-0.4, -0.2) is 31.3 Å². The summed E-state index contributed by atoms with van der Waals surface area (Å²) in [6.45, 7) is 8.96. The quantitative estimate of drug-likeness (QED) is 0.669. The molecule has 156 valence electrons. The van der Waals surface area contributed by atoms with E-state index < -0.39 is 0 Å². The highest BCUT2D eigenvalue weighted by atomic mass is 16.1. The highest BCUT2D eigenvalue weighted by molar-refractivity contribution is 5.87. The van der Waals surface area contributed by atoms with Gasteiger partial charge in [-0.2, -0.15) is 5.10 Å². The van der Waals surface area contributed by atoms with Crippen LogP contribution in [0.25, 0.3) is 16.9 Å². The van der Waals surface area contributed by atoms with Gasteiger partial charge in [0.25, 0.3) is 0 Å². The van der Waals surface area contributed by atoms with Crippen molar-refractivity contribution in [3.63, 3.8) is 0 Å². The van der Waals surface area contributed by atoms with Crippen molar-refractivity contribution >= 4 is 16.9 Å². The largest absolute Gasteiger partial charge is 0.349 e. The SMILES string of the molecule is CC1=CC(C)C(NC(=O)CCCn2nc(-n3cccc3)c3c(C)cc(C)nc32)C=C1. The minimum absolute atomic E-state index is 0.0686. The smallest absolute Gasteiger partial charge is 0.220 e. The van der Waals surface area contributed by atoms with Crippen molar-refractivity contribution in [2.24, 2.45) is 5.92 Å². The standard InChI is InChI=1S/C24H29N5O/c1-16-9-10-20(17(2)14-16)26-21(30)8-7-13-29-23-22(18(3)15-19(4)25-23)24(27-29)28-11-5-6-12-28/h5-6,9-12,14-15,17,20H,7-8,13H2,1-4H3,(H,26,30). The molecule has 1 aliphatic rings. The summed E-state index contributed by atoms with van der Waals surface area (Å²) in [7, 11) is 0. The van der Waals surface area contributed by atoms with E-state index in [1.807, 2.05) is 40.7 Å². The molecule has 0 saturated heterocycles. The Kier molecular flexibility index (Phi) is 5.57. The molecule has 2 atom stereocenters. The van der Waals surface area contributed by atoms with Gasteiger partial charge in [0.05, 0.1) is 11.4 Å². The lowest BCUT2D eigenvalue weighted by atomic mass is 9.93. The Morgan fingerprint density at radius 1 is 1.20 bits per heavy atom. The van der Waals surface area contributed by atoms with Gasteiger partial charge in [0, 0.05) is 31.1 Å². The van der Waals surface area contributed by atoms with E-state index in [2.05, 4.69) is 50.4 Å². The number of hydrogen-bond donors (Lipinski definition) is 1. The number of pyridine rings is 1. The second kappa shape index (κ2) is 8.30. The molecule has 0 fully saturated rings. The molecule has 1 amide bonds. The first-order chi connectivity index (χ1) is 14.4.